The number of piperidine rings is 1. The molecule has 5 nitrogen and oxygen atoms in total. The molecule has 1 aliphatic carbocycles. The summed E-state index contributed by atoms with van der Waals surface area (Å²) >= 11 is 0. The van der Waals surface area contributed by atoms with Crippen molar-refractivity contribution in [2.45, 2.75) is 25.8 Å². The predicted octanol–water partition coefficient (Wildman–Crippen LogP) is 3.78. The number of rotatable bonds is 5. The normalized spacial score (nSPS) is 20.7. The summed E-state index contributed by atoms with van der Waals surface area (Å²) in [6.07, 6.45) is 2.87. The molecule has 6 heteroatoms. The van der Waals surface area contributed by atoms with Crippen molar-refractivity contribution in [1.82, 2.24) is 4.90 Å². The summed E-state index contributed by atoms with van der Waals surface area (Å²) in [6, 6.07) is 11.5. The minimum Gasteiger partial charge on any atom is -0.504 e. The highest BCUT2D eigenvalue weighted by Crippen LogP contribution is 2.59. The molecule has 1 heterocycles. The number of methoxy groups -OCH3 is 1. The lowest BCUT2D eigenvalue weighted by atomic mass is 9.90. The lowest BCUT2D eigenvalue weighted by Crippen LogP contribution is -2.35. The smallest absolute Gasteiger partial charge is 0.228 e. The molecule has 2 N–H and O–H groups in total. The molecule has 2 aromatic rings. The van der Waals surface area contributed by atoms with Gasteiger partial charge in [0.1, 0.15) is 5.82 Å². The Balaban J connectivity index is 1.30. The van der Waals surface area contributed by atoms with E-state index < -0.39 is 0 Å². The average molecular weight is 384 g/mol. The number of carbonyl (C=O) groups is 1. The molecule has 1 atom stereocenters. The highest BCUT2D eigenvalue weighted by molar-refractivity contribution is 5.95. The molecule has 1 aliphatic heterocycles. The van der Waals surface area contributed by atoms with Crippen LogP contribution in [0.5, 0.6) is 11.5 Å². The van der Waals surface area contributed by atoms with Crippen LogP contribution in [0.15, 0.2) is 42.5 Å². The quantitative estimate of drug-likeness (QED) is 0.824. The van der Waals surface area contributed by atoms with Crippen LogP contribution in [-0.2, 0) is 11.3 Å². The Morgan fingerprint density at radius 1 is 1.29 bits per heavy atom. The summed E-state index contributed by atoms with van der Waals surface area (Å²) < 4.78 is 18.4. The summed E-state index contributed by atoms with van der Waals surface area (Å²) in [5, 5.41) is 12.8. The Morgan fingerprint density at radius 2 is 2.07 bits per heavy atom. The van der Waals surface area contributed by atoms with E-state index in [4.69, 9.17) is 4.74 Å². The molecule has 1 unspecified atom stereocenters. The third-order valence-corrected chi connectivity index (χ3v) is 6.10. The van der Waals surface area contributed by atoms with Crippen molar-refractivity contribution in [1.29, 1.82) is 0 Å². The topological polar surface area (TPSA) is 61.8 Å². The standard InChI is InChI=1S/C22H25FN2O3/c1-28-20-6-5-15(11-19(20)26)14-25-9-7-22(8-10-25)13-18(22)21(27)24-17-4-2-3-16(23)12-17/h2-6,11-12,18,26H,7-10,13-14H2,1H3,(H,24,27). The lowest BCUT2D eigenvalue weighted by molar-refractivity contribution is -0.118. The number of likely N-dealkylation sites (tertiary alicyclic amines) is 1. The van der Waals surface area contributed by atoms with Gasteiger partial charge in [-0.05, 0) is 73.7 Å². The monoisotopic (exact) mass is 384 g/mol. The molecule has 2 fully saturated rings. The second-order valence-electron chi connectivity index (χ2n) is 7.90. The van der Waals surface area contributed by atoms with Gasteiger partial charge in [-0.3, -0.25) is 9.69 Å². The van der Waals surface area contributed by atoms with Crippen molar-refractivity contribution in [2.24, 2.45) is 11.3 Å². The van der Waals surface area contributed by atoms with Crippen LogP contribution in [0.2, 0.25) is 0 Å². The summed E-state index contributed by atoms with van der Waals surface area (Å²) in [5.74, 6) is 0.305. The number of anilines is 1. The third kappa shape index (κ3) is 3.83. The first-order chi connectivity index (χ1) is 13.5. The minimum atomic E-state index is -0.346. The zero-order chi connectivity index (χ0) is 19.7. The molecule has 2 aromatic carbocycles. The molecule has 2 aliphatic rings. The van der Waals surface area contributed by atoms with Crippen LogP contribution in [0.3, 0.4) is 0 Å². The van der Waals surface area contributed by atoms with Gasteiger partial charge in [-0.2, -0.15) is 0 Å². The maximum atomic E-state index is 13.3. The fraction of sp³-hybridized carbons (Fsp3) is 0.409. The number of phenols is 1. The molecular formula is C22H25FN2O3. The third-order valence-electron chi connectivity index (χ3n) is 6.10. The van der Waals surface area contributed by atoms with E-state index in [1.807, 2.05) is 6.07 Å². The number of hydrogen-bond acceptors (Lipinski definition) is 4. The molecule has 1 amide bonds. The van der Waals surface area contributed by atoms with Crippen molar-refractivity contribution in [3.05, 3.63) is 53.8 Å². The van der Waals surface area contributed by atoms with Crippen molar-refractivity contribution in [2.75, 3.05) is 25.5 Å². The summed E-state index contributed by atoms with van der Waals surface area (Å²) in [7, 11) is 1.54. The Bertz CT molecular complexity index is 878. The Morgan fingerprint density at radius 3 is 2.75 bits per heavy atom. The van der Waals surface area contributed by atoms with Gasteiger partial charge >= 0.3 is 0 Å². The van der Waals surface area contributed by atoms with Gasteiger partial charge in [0.15, 0.2) is 11.5 Å². The van der Waals surface area contributed by atoms with Gasteiger partial charge in [0.05, 0.1) is 7.11 Å². The first kappa shape index (κ1) is 18.7. The fourth-order valence-electron chi connectivity index (χ4n) is 4.32. The van der Waals surface area contributed by atoms with E-state index >= 15 is 0 Å². The maximum Gasteiger partial charge on any atom is 0.228 e. The Kier molecular flexibility index (Phi) is 4.98. The van der Waals surface area contributed by atoms with Gasteiger partial charge in [-0.1, -0.05) is 12.1 Å². The van der Waals surface area contributed by atoms with E-state index in [2.05, 4.69) is 10.2 Å². The zero-order valence-corrected chi connectivity index (χ0v) is 16.0. The number of phenolic OH excluding ortho intramolecular Hbond substituents is 1. The highest BCUT2D eigenvalue weighted by Gasteiger charge is 2.58. The van der Waals surface area contributed by atoms with Crippen molar-refractivity contribution < 1.29 is 19.0 Å². The second kappa shape index (κ2) is 7.43. The average Bonchev–Trinajstić information content (AvgIpc) is 3.38. The van der Waals surface area contributed by atoms with Gasteiger partial charge in [-0.15, -0.1) is 0 Å². The van der Waals surface area contributed by atoms with E-state index in [0.29, 0.717) is 11.4 Å². The second-order valence-corrected chi connectivity index (χ2v) is 7.90. The summed E-state index contributed by atoms with van der Waals surface area (Å²) in [4.78, 5) is 14.9. The van der Waals surface area contributed by atoms with E-state index in [0.717, 1.165) is 44.5 Å². The predicted molar refractivity (Wildman–Crippen MR) is 105 cm³/mol. The highest BCUT2D eigenvalue weighted by atomic mass is 19.1. The van der Waals surface area contributed by atoms with Crippen LogP contribution in [0.4, 0.5) is 10.1 Å². The SMILES string of the molecule is COc1ccc(CN2CCC3(CC2)CC3C(=O)Nc2cccc(F)c2)cc1O. The van der Waals surface area contributed by atoms with Crippen LogP contribution in [0, 0.1) is 17.2 Å². The van der Waals surface area contributed by atoms with Gasteiger partial charge < -0.3 is 15.2 Å². The molecule has 1 saturated heterocycles. The summed E-state index contributed by atoms with van der Waals surface area (Å²) in [6.45, 7) is 2.63. The van der Waals surface area contributed by atoms with Crippen LogP contribution in [0.1, 0.15) is 24.8 Å². The number of nitrogens with zero attached hydrogens (tertiary/aromatic N) is 1. The minimum absolute atomic E-state index is 0.000809. The van der Waals surface area contributed by atoms with Crippen LogP contribution in [0.25, 0.3) is 0 Å². The maximum absolute atomic E-state index is 13.3. The molecule has 0 aromatic heterocycles. The van der Waals surface area contributed by atoms with Crippen molar-refractivity contribution >= 4 is 11.6 Å². The molecule has 1 spiro atoms. The van der Waals surface area contributed by atoms with Gasteiger partial charge in [0.25, 0.3) is 0 Å². The number of benzene rings is 2. The molecule has 148 valence electrons. The Labute approximate surface area is 164 Å². The van der Waals surface area contributed by atoms with E-state index in [1.165, 1.54) is 19.2 Å². The van der Waals surface area contributed by atoms with Crippen LogP contribution in [-0.4, -0.2) is 36.1 Å². The van der Waals surface area contributed by atoms with E-state index in [1.54, 1.807) is 24.3 Å². The number of amides is 1. The number of carbonyl (C=O) groups excluding carboxylic acids is 1. The number of ether oxygens (including phenoxy) is 1. The number of nitrogens with one attached hydrogen (secondary N) is 1. The fourth-order valence-corrected chi connectivity index (χ4v) is 4.32. The van der Waals surface area contributed by atoms with Crippen LogP contribution >= 0.6 is 0 Å². The number of aromatic hydroxyl groups is 1. The van der Waals surface area contributed by atoms with Gasteiger partial charge in [-0.25, -0.2) is 4.39 Å². The van der Waals surface area contributed by atoms with Crippen LogP contribution < -0.4 is 10.1 Å². The van der Waals surface area contributed by atoms with Gasteiger partial charge in [0.2, 0.25) is 5.91 Å². The van der Waals surface area contributed by atoms with Gasteiger partial charge in [0, 0.05) is 18.2 Å². The largest absolute Gasteiger partial charge is 0.504 e. The lowest BCUT2D eigenvalue weighted by Gasteiger charge is -2.32. The number of hydrogen-bond donors (Lipinski definition) is 2. The molecule has 0 bridgehead atoms. The number of halogens is 1. The van der Waals surface area contributed by atoms with E-state index in [-0.39, 0.29) is 28.8 Å². The molecule has 1 saturated carbocycles. The molecule has 4 rings (SSSR count). The van der Waals surface area contributed by atoms with E-state index in [9.17, 15) is 14.3 Å². The molecule has 0 radical (unpaired) electrons. The van der Waals surface area contributed by atoms with Crippen molar-refractivity contribution in [3.8, 4) is 11.5 Å². The molecular weight excluding hydrogens is 359 g/mol. The zero-order valence-electron chi connectivity index (χ0n) is 16.0. The first-order valence-corrected chi connectivity index (χ1v) is 9.64. The Hall–Kier alpha value is -2.60. The molecule has 28 heavy (non-hydrogen) atoms. The first-order valence-electron chi connectivity index (χ1n) is 9.64. The van der Waals surface area contributed by atoms with Crippen molar-refractivity contribution in [3.63, 3.8) is 0 Å². The summed E-state index contributed by atoms with van der Waals surface area (Å²) in [5.41, 5.74) is 1.66.